The van der Waals surface area contributed by atoms with Crippen LogP contribution in [0.1, 0.15) is 420 Å². The number of phosphoric ester groups is 2. The molecule has 0 radical (unpaired) electrons. The molecule has 0 aliphatic rings. The summed E-state index contributed by atoms with van der Waals surface area (Å²) in [5, 5.41) is 10.6. The van der Waals surface area contributed by atoms with E-state index in [4.69, 9.17) is 37.0 Å². The van der Waals surface area contributed by atoms with Crippen molar-refractivity contribution in [2.75, 3.05) is 39.6 Å². The van der Waals surface area contributed by atoms with Crippen molar-refractivity contribution in [2.45, 2.75) is 439 Å². The lowest BCUT2D eigenvalue weighted by atomic mass is 10.0. The highest BCUT2D eigenvalue weighted by Gasteiger charge is 2.30. The molecular weight excluding hydrogens is 1290 g/mol. The summed E-state index contributed by atoms with van der Waals surface area (Å²) in [6.45, 7) is 9.65. The Balaban J connectivity index is 5.26. The van der Waals surface area contributed by atoms with E-state index in [1.165, 1.54) is 238 Å². The molecule has 0 fully saturated rings. The first-order valence-corrected chi connectivity index (χ1v) is 44.5. The molecule has 0 aromatic rings. The van der Waals surface area contributed by atoms with Crippen LogP contribution in [-0.4, -0.2) is 96.7 Å². The Hall–Kier alpha value is -1.94. The first-order chi connectivity index (χ1) is 47.9. The predicted molar refractivity (Wildman–Crippen MR) is 405 cm³/mol. The number of aliphatic hydroxyl groups excluding tert-OH is 1. The van der Waals surface area contributed by atoms with E-state index < -0.39 is 97.5 Å². The third kappa shape index (κ3) is 74.1. The van der Waals surface area contributed by atoms with Crippen molar-refractivity contribution in [3.63, 3.8) is 0 Å². The van der Waals surface area contributed by atoms with Crippen molar-refractivity contribution in [3.8, 4) is 0 Å². The van der Waals surface area contributed by atoms with Gasteiger partial charge in [-0.3, -0.25) is 37.3 Å². The maximum Gasteiger partial charge on any atom is 0.472 e. The summed E-state index contributed by atoms with van der Waals surface area (Å²) in [5.74, 6) is -0.561. The SMILES string of the molecule is CCCCCCCCCCCCCCCCCCCC(=O)OC[C@H](COP(=O)(O)OC[C@@H](O)COP(=O)(O)OC[C@@H](COC(=O)CCCCCCCCCCCCCC)OC(=O)CCCCCCCCCCCCC(C)C)OC(=O)CCCCCCCCCCCCCCCCC(C)C. The first-order valence-electron chi connectivity index (χ1n) is 41.5. The Bertz CT molecular complexity index is 1910. The predicted octanol–water partition coefficient (Wildman–Crippen LogP) is 23.9. The molecule has 19 heteroatoms. The van der Waals surface area contributed by atoms with E-state index in [2.05, 4.69) is 41.5 Å². The summed E-state index contributed by atoms with van der Waals surface area (Å²) in [7, 11) is -9.92. The Morgan fingerprint density at radius 3 is 0.687 bits per heavy atom. The Morgan fingerprint density at radius 1 is 0.273 bits per heavy atom. The minimum atomic E-state index is -4.96. The van der Waals surface area contributed by atoms with Crippen LogP contribution in [-0.2, 0) is 65.4 Å². The van der Waals surface area contributed by atoms with Crippen LogP contribution in [0.3, 0.4) is 0 Å². The zero-order chi connectivity index (χ0) is 72.8. The van der Waals surface area contributed by atoms with Gasteiger partial charge in [-0.15, -0.1) is 0 Å². The van der Waals surface area contributed by atoms with Gasteiger partial charge in [0.25, 0.3) is 0 Å². The topological polar surface area (TPSA) is 237 Å². The molecule has 2 unspecified atom stereocenters. The average molecular weight is 1450 g/mol. The van der Waals surface area contributed by atoms with Crippen LogP contribution in [0.15, 0.2) is 0 Å². The summed E-state index contributed by atoms with van der Waals surface area (Å²) in [4.78, 5) is 73.0. The van der Waals surface area contributed by atoms with E-state index in [9.17, 15) is 43.2 Å². The van der Waals surface area contributed by atoms with Crippen LogP contribution >= 0.6 is 15.6 Å². The van der Waals surface area contributed by atoms with Crippen molar-refractivity contribution in [2.24, 2.45) is 11.8 Å². The number of carbonyl (C=O) groups excluding carboxylic acids is 4. The molecule has 0 bridgehead atoms. The number of ether oxygens (including phenoxy) is 4. The van der Waals surface area contributed by atoms with Crippen LogP contribution in [0.4, 0.5) is 0 Å². The Morgan fingerprint density at radius 2 is 0.465 bits per heavy atom. The number of unbranched alkanes of at least 4 members (excludes halogenated alkanes) is 49. The smallest absolute Gasteiger partial charge is 0.462 e. The number of esters is 4. The normalized spacial score (nSPS) is 13.9. The molecule has 0 aromatic carbocycles. The van der Waals surface area contributed by atoms with E-state index in [1.54, 1.807) is 0 Å². The molecule has 588 valence electrons. The molecule has 99 heavy (non-hydrogen) atoms. The molecule has 0 spiro atoms. The summed E-state index contributed by atoms with van der Waals surface area (Å²) < 4.78 is 68.7. The van der Waals surface area contributed by atoms with E-state index in [0.29, 0.717) is 25.7 Å². The molecule has 0 heterocycles. The second-order valence-electron chi connectivity index (χ2n) is 29.8. The van der Waals surface area contributed by atoms with Crippen LogP contribution in [0.2, 0.25) is 0 Å². The van der Waals surface area contributed by atoms with Crippen molar-refractivity contribution < 1.29 is 80.2 Å². The monoisotopic (exact) mass is 1450 g/mol. The van der Waals surface area contributed by atoms with Gasteiger partial charge in [0, 0.05) is 25.7 Å². The van der Waals surface area contributed by atoms with Crippen LogP contribution < -0.4 is 0 Å². The standard InChI is InChI=1S/C80H156O17P2/c1-7-9-11-13-15-17-19-21-22-23-24-28-32-39-45-51-57-63-78(83)91-68-75(96-79(84)64-58-52-46-40-33-29-26-25-27-30-36-42-48-54-60-72(3)4)70-94-98(86,87)92-66-74(81)67-93-99(88,89)95-71-76(69-90-77(82)62-56-50-44-38-31-20-18-16-14-12-10-8-2)97-80(85)65-59-53-47-41-35-34-37-43-49-55-61-73(5)6/h72-76,81H,7-71H2,1-6H3,(H,86,87)(H,88,89)/t74-,75-,76-/m1/s1. The van der Waals surface area contributed by atoms with E-state index in [1.807, 2.05) is 0 Å². The van der Waals surface area contributed by atoms with E-state index in [-0.39, 0.29) is 25.7 Å². The number of hydrogen-bond donors (Lipinski definition) is 3. The average Bonchev–Trinajstić information content (AvgIpc) is 1.01. The summed E-state index contributed by atoms with van der Waals surface area (Å²) in [6, 6.07) is 0. The number of hydrogen-bond acceptors (Lipinski definition) is 15. The summed E-state index contributed by atoms with van der Waals surface area (Å²) in [6.07, 6.45) is 60.9. The van der Waals surface area contributed by atoms with Gasteiger partial charge in [-0.1, -0.05) is 369 Å². The van der Waals surface area contributed by atoms with Crippen LogP contribution in [0.25, 0.3) is 0 Å². The van der Waals surface area contributed by atoms with Gasteiger partial charge in [-0.25, -0.2) is 9.13 Å². The Kier molecular flexibility index (Phi) is 70.3. The highest BCUT2D eigenvalue weighted by molar-refractivity contribution is 7.47. The molecule has 0 amide bonds. The molecule has 3 N–H and O–H groups in total. The zero-order valence-electron chi connectivity index (χ0n) is 64.8. The fourth-order valence-corrected chi connectivity index (χ4v) is 13.9. The molecule has 0 rings (SSSR count). The molecule has 0 aliphatic heterocycles. The number of carbonyl (C=O) groups is 4. The third-order valence-corrected chi connectivity index (χ3v) is 20.6. The number of rotatable bonds is 79. The second-order valence-corrected chi connectivity index (χ2v) is 32.7. The molecular formula is C80H156O17P2. The van der Waals surface area contributed by atoms with Gasteiger partial charge in [-0.2, -0.15) is 0 Å². The van der Waals surface area contributed by atoms with E-state index >= 15 is 0 Å². The van der Waals surface area contributed by atoms with Crippen LogP contribution in [0.5, 0.6) is 0 Å². The minimum Gasteiger partial charge on any atom is -0.462 e. The first kappa shape index (κ1) is 97.1. The molecule has 0 saturated heterocycles. The van der Waals surface area contributed by atoms with E-state index in [0.717, 1.165) is 102 Å². The van der Waals surface area contributed by atoms with Gasteiger partial charge >= 0.3 is 39.5 Å². The van der Waals surface area contributed by atoms with Gasteiger partial charge in [0.2, 0.25) is 0 Å². The Labute approximate surface area is 607 Å². The summed E-state index contributed by atoms with van der Waals surface area (Å²) >= 11 is 0. The maximum absolute atomic E-state index is 13.1. The number of aliphatic hydroxyl groups is 1. The van der Waals surface area contributed by atoms with Gasteiger partial charge in [-0.05, 0) is 37.5 Å². The fourth-order valence-electron chi connectivity index (χ4n) is 12.4. The second kappa shape index (κ2) is 71.7. The molecule has 0 aliphatic carbocycles. The van der Waals surface area contributed by atoms with Gasteiger partial charge in [0.1, 0.15) is 19.3 Å². The zero-order valence-corrected chi connectivity index (χ0v) is 66.6. The van der Waals surface area contributed by atoms with Gasteiger partial charge in [0.15, 0.2) is 12.2 Å². The lowest BCUT2D eigenvalue weighted by Crippen LogP contribution is -2.30. The third-order valence-electron chi connectivity index (χ3n) is 18.7. The largest absolute Gasteiger partial charge is 0.472 e. The van der Waals surface area contributed by atoms with Gasteiger partial charge < -0.3 is 33.8 Å². The highest BCUT2D eigenvalue weighted by atomic mass is 31.2. The lowest BCUT2D eigenvalue weighted by molar-refractivity contribution is -0.161. The number of phosphoric acid groups is 2. The minimum absolute atomic E-state index is 0.106. The van der Waals surface area contributed by atoms with Gasteiger partial charge in [0.05, 0.1) is 26.4 Å². The lowest BCUT2D eigenvalue weighted by Gasteiger charge is -2.21. The van der Waals surface area contributed by atoms with Crippen LogP contribution in [0, 0.1) is 11.8 Å². The van der Waals surface area contributed by atoms with Crippen molar-refractivity contribution in [1.29, 1.82) is 0 Å². The fraction of sp³-hybridized carbons (Fsp3) is 0.950. The molecule has 0 saturated carbocycles. The molecule has 0 aromatic heterocycles. The van der Waals surface area contributed by atoms with Crippen molar-refractivity contribution in [1.82, 2.24) is 0 Å². The van der Waals surface area contributed by atoms with Crippen molar-refractivity contribution >= 4 is 39.5 Å². The quantitative estimate of drug-likeness (QED) is 0.0222. The van der Waals surface area contributed by atoms with Crippen molar-refractivity contribution in [3.05, 3.63) is 0 Å². The highest BCUT2D eigenvalue weighted by Crippen LogP contribution is 2.45. The molecule has 17 nitrogen and oxygen atoms in total. The molecule has 5 atom stereocenters. The summed E-state index contributed by atoms with van der Waals surface area (Å²) in [5.41, 5.74) is 0. The maximum atomic E-state index is 13.1.